The van der Waals surface area contributed by atoms with E-state index in [0.717, 1.165) is 12.0 Å². The summed E-state index contributed by atoms with van der Waals surface area (Å²) in [5.41, 5.74) is 0. The molecule has 0 radical (unpaired) electrons. The fourth-order valence-electron chi connectivity index (χ4n) is 3.29. The molecule has 1 aliphatic carbocycles. The molecule has 0 unspecified atom stereocenters. The SMILES string of the molecule is CCCCN1CCC(NCC2CCCC2)CC1. The molecule has 100 valence electrons. The number of hydrogen-bond donors (Lipinski definition) is 1. The molecule has 1 aliphatic heterocycles. The highest BCUT2D eigenvalue weighted by atomic mass is 15.1. The molecule has 0 aromatic heterocycles. The highest BCUT2D eigenvalue weighted by Crippen LogP contribution is 2.24. The lowest BCUT2D eigenvalue weighted by Crippen LogP contribution is -2.43. The van der Waals surface area contributed by atoms with E-state index >= 15 is 0 Å². The third kappa shape index (κ3) is 4.59. The molecule has 1 saturated carbocycles. The number of unbranched alkanes of at least 4 members (excludes halogenated alkanes) is 1. The third-order valence-corrected chi connectivity index (χ3v) is 4.59. The number of nitrogens with one attached hydrogen (secondary N) is 1. The maximum absolute atomic E-state index is 3.81. The van der Waals surface area contributed by atoms with Crippen LogP contribution in [0.2, 0.25) is 0 Å². The highest BCUT2D eigenvalue weighted by molar-refractivity contribution is 4.79. The van der Waals surface area contributed by atoms with Crippen LogP contribution in [0.15, 0.2) is 0 Å². The van der Waals surface area contributed by atoms with E-state index in [1.807, 2.05) is 0 Å². The highest BCUT2D eigenvalue weighted by Gasteiger charge is 2.20. The molecule has 0 aromatic carbocycles. The molecule has 0 atom stereocenters. The number of likely N-dealkylation sites (tertiary alicyclic amines) is 1. The molecule has 1 N–H and O–H groups in total. The lowest BCUT2D eigenvalue weighted by atomic mass is 10.0. The first-order chi connectivity index (χ1) is 8.38. The minimum atomic E-state index is 0.813. The van der Waals surface area contributed by atoms with Gasteiger partial charge in [-0.2, -0.15) is 0 Å². The summed E-state index contributed by atoms with van der Waals surface area (Å²) < 4.78 is 0. The fraction of sp³-hybridized carbons (Fsp3) is 1.00. The van der Waals surface area contributed by atoms with Crippen molar-refractivity contribution < 1.29 is 0 Å². The summed E-state index contributed by atoms with van der Waals surface area (Å²) in [5, 5.41) is 3.81. The van der Waals surface area contributed by atoms with Crippen molar-refractivity contribution in [3.05, 3.63) is 0 Å². The van der Waals surface area contributed by atoms with Crippen molar-refractivity contribution >= 4 is 0 Å². The molecule has 17 heavy (non-hydrogen) atoms. The lowest BCUT2D eigenvalue weighted by Gasteiger charge is -2.33. The molecule has 2 fully saturated rings. The molecule has 2 heteroatoms. The second-order valence-corrected chi connectivity index (χ2v) is 6.03. The largest absolute Gasteiger partial charge is 0.314 e. The summed E-state index contributed by atoms with van der Waals surface area (Å²) in [4.78, 5) is 2.65. The van der Waals surface area contributed by atoms with Crippen LogP contribution in [-0.2, 0) is 0 Å². The van der Waals surface area contributed by atoms with Gasteiger partial charge in [0.2, 0.25) is 0 Å². The summed E-state index contributed by atoms with van der Waals surface area (Å²) >= 11 is 0. The van der Waals surface area contributed by atoms with Gasteiger partial charge in [-0.15, -0.1) is 0 Å². The first-order valence-corrected chi connectivity index (χ1v) is 7.84. The standard InChI is InChI=1S/C15H30N2/c1-2-3-10-17-11-8-15(9-12-17)16-13-14-6-4-5-7-14/h14-16H,2-13H2,1H3. The van der Waals surface area contributed by atoms with E-state index in [1.54, 1.807) is 0 Å². The van der Waals surface area contributed by atoms with Crippen molar-refractivity contribution in [3.63, 3.8) is 0 Å². The average Bonchev–Trinajstić information content (AvgIpc) is 2.88. The Kier molecular flexibility index (Phi) is 5.79. The molecular weight excluding hydrogens is 208 g/mol. The fourth-order valence-corrected chi connectivity index (χ4v) is 3.29. The zero-order chi connectivity index (χ0) is 11.9. The Balaban J connectivity index is 1.55. The average molecular weight is 238 g/mol. The minimum absolute atomic E-state index is 0.813. The van der Waals surface area contributed by atoms with Crippen molar-refractivity contribution in [2.45, 2.75) is 64.3 Å². The number of rotatable bonds is 6. The van der Waals surface area contributed by atoms with Crippen LogP contribution in [0.3, 0.4) is 0 Å². The zero-order valence-electron chi connectivity index (χ0n) is 11.6. The third-order valence-electron chi connectivity index (χ3n) is 4.59. The van der Waals surface area contributed by atoms with Crippen LogP contribution in [0.25, 0.3) is 0 Å². The van der Waals surface area contributed by atoms with Crippen molar-refractivity contribution in [3.8, 4) is 0 Å². The van der Waals surface area contributed by atoms with Gasteiger partial charge >= 0.3 is 0 Å². The van der Waals surface area contributed by atoms with E-state index < -0.39 is 0 Å². The number of nitrogens with zero attached hydrogens (tertiary/aromatic N) is 1. The van der Waals surface area contributed by atoms with Gasteiger partial charge in [-0.05, 0) is 64.2 Å². The Hall–Kier alpha value is -0.0800. The summed E-state index contributed by atoms with van der Waals surface area (Å²) in [6, 6.07) is 0.813. The topological polar surface area (TPSA) is 15.3 Å². The van der Waals surface area contributed by atoms with Crippen LogP contribution in [0.4, 0.5) is 0 Å². The van der Waals surface area contributed by atoms with Crippen LogP contribution in [0, 0.1) is 5.92 Å². The first kappa shape index (κ1) is 13.4. The normalized spacial score (nSPS) is 24.5. The second kappa shape index (κ2) is 7.38. The van der Waals surface area contributed by atoms with Crippen molar-refractivity contribution in [2.24, 2.45) is 5.92 Å². The molecule has 1 heterocycles. The van der Waals surface area contributed by atoms with E-state index in [4.69, 9.17) is 0 Å². The minimum Gasteiger partial charge on any atom is -0.314 e. The smallest absolute Gasteiger partial charge is 0.00915 e. The molecule has 0 bridgehead atoms. The van der Waals surface area contributed by atoms with Gasteiger partial charge in [0.25, 0.3) is 0 Å². The van der Waals surface area contributed by atoms with Crippen LogP contribution in [0.5, 0.6) is 0 Å². The van der Waals surface area contributed by atoms with Gasteiger partial charge in [-0.1, -0.05) is 26.2 Å². The molecule has 0 aromatic rings. The lowest BCUT2D eigenvalue weighted by molar-refractivity contribution is 0.192. The Morgan fingerprint density at radius 3 is 2.41 bits per heavy atom. The van der Waals surface area contributed by atoms with Crippen molar-refractivity contribution in [1.82, 2.24) is 10.2 Å². The molecule has 0 spiro atoms. The van der Waals surface area contributed by atoms with Gasteiger partial charge in [-0.3, -0.25) is 0 Å². The van der Waals surface area contributed by atoms with Gasteiger partial charge in [0.1, 0.15) is 0 Å². The number of piperidine rings is 1. The van der Waals surface area contributed by atoms with E-state index in [-0.39, 0.29) is 0 Å². The quantitative estimate of drug-likeness (QED) is 0.765. The second-order valence-electron chi connectivity index (χ2n) is 6.03. The van der Waals surface area contributed by atoms with Gasteiger partial charge < -0.3 is 10.2 Å². The molecule has 2 rings (SSSR count). The van der Waals surface area contributed by atoms with Crippen LogP contribution in [-0.4, -0.2) is 37.1 Å². The predicted molar refractivity (Wildman–Crippen MR) is 74.3 cm³/mol. The van der Waals surface area contributed by atoms with Gasteiger partial charge in [0.05, 0.1) is 0 Å². The van der Waals surface area contributed by atoms with Gasteiger partial charge in [0, 0.05) is 6.04 Å². The summed E-state index contributed by atoms with van der Waals surface area (Å²) in [6.45, 7) is 7.55. The number of hydrogen-bond acceptors (Lipinski definition) is 2. The van der Waals surface area contributed by atoms with Gasteiger partial charge in [0.15, 0.2) is 0 Å². The zero-order valence-corrected chi connectivity index (χ0v) is 11.6. The van der Waals surface area contributed by atoms with E-state index in [1.165, 1.54) is 77.5 Å². The van der Waals surface area contributed by atoms with Crippen LogP contribution >= 0.6 is 0 Å². The Labute approximate surface area is 107 Å². The first-order valence-electron chi connectivity index (χ1n) is 7.84. The molecular formula is C15H30N2. The summed E-state index contributed by atoms with van der Waals surface area (Å²) in [5.74, 6) is 0.994. The molecule has 2 nitrogen and oxygen atoms in total. The van der Waals surface area contributed by atoms with Crippen LogP contribution in [0.1, 0.15) is 58.3 Å². The van der Waals surface area contributed by atoms with Gasteiger partial charge in [-0.25, -0.2) is 0 Å². The van der Waals surface area contributed by atoms with E-state index in [9.17, 15) is 0 Å². The molecule has 2 aliphatic rings. The van der Waals surface area contributed by atoms with E-state index in [0.29, 0.717) is 0 Å². The Bertz CT molecular complexity index is 191. The van der Waals surface area contributed by atoms with Crippen molar-refractivity contribution in [2.75, 3.05) is 26.2 Å². The predicted octanol–water partition coefficient (Wildman–Crippen LogP) is 3.03. The monoisotopic (exact) mass is 238 g/mol. The van der Waals surface area contributed by atoms with E-state index in [2.05, 4.69) is 17.1 Å². The Morgan fingerprint density at radius 1 is 1.06 bits per heavy atom. The van der Waals surface area contributed by atoms with Crippen LogP contribution < -0.4 is 5.32 Å². The summed E-state index contributed by atoms with van der Waals surface area (Å²) in [7, 11) is 0. The molecule has 0 amide bonds. The molecule has 1 saturated heterocycles. The maximum atomic E-state index is 3.81. The van der Waals surface area contributed by atoms with Crippen molar-refractivity contribution in [1.29, 1.82) is 0 Å². The maximum Gasteiger partial charge on any atom is 0.00915 e. The Morgan fingerprint density at radius 2 is 1.76 bits per heavy atom. The summed E-state index contributed by atoms with van der Waals surface area (Å²) in [6.07, 6.45) is 11.3.